The number of alkyl halides is 3. The number of halogens is 3. The van der Waals surface area contributed by atoms with Crippen LogP contribution in [0.3, 0.4) is 0 Å². The molecule has 5 heterocycles. The van der Waals surface area contributed by atoms with E-state index in [1.165, 1.54) is 0 Å². The van der Waals surface area contributed by atoms with Gasteiger partial charge in [0, 0.05) is 48.4 Å². The SMILES string of the molecule is CC(C)c1ncccc1-c1ncc2c(n1)N(Cc1ccc(-c3nc(C(F)(F)F)cn3C3CN(C)C3)cc1)C(=O)C2. The molecule has 8 nitrogen and oxygen atoms in total. The van der Waals surface area contributed by atoms with Gasteiger partial charge in [-0.2, -0.15) is 13.2 Å². The molecule has 1 fully saturated rings. The summed E-state index contributed by atoms with van der Waals surface area (Å²) in [6.45, 7) is 5.72. The standard InChI is InChI=1S/C29H28F3N7O/c1-17(2)25-22(5-4-10-33-25)26-34-12-20-11-24(40)39(28(20)36-26)13-18-6-8-19(9-7-18)27-35-23(29(30,31)32)16-38(27)21-14-37(3)15-21/h4-10,12,16-17,21H,11,13-15H2,1-3H3. The lowest BCUT2D eigenvalue weighted by molar-refractivity contribution is -0.141. The predicted octanol–water partition coefficient (Wildman–Crippen LogP) is 5.12. The molecule has 0 unspecified atom stereocenters. The molecule has 40 heavy (non-hydrogen) atoms. The van der Waals surface area contributed by atoms with E-state index in [4.69, 9.17) is 4.98 Å². The van der Waals surface area contributed by atoms with Crippen molar-refractivity contribution in [2.45, 2.75) is 44.9 Å². The molecule has 3 aromatic heterocycles. The van der Waals surface area contributed by atoms with Crippen molar-refractivity contribution in [1.82, 2.24) is 29.4 Å². The Morgan fingerprint density at radius 3 is 2.48 bits per heavy atom. The van der Waals surface area contributed by atoms with Gasteiger partial charge in [0.15, 0.2) is 11.5 Å². The van der Waals surface area contributed by atoms with Crippen LogP contribution in [0.2, 0.25) is 0 Å². The molecule has 0 bridgehead atoms. The molecule has 0 atom stereocenters. The number of likely N-dealkylation sites (tertiary alicyclic amines) is 1. The van der Waals surface area contributed by atoms with E-state index < -0.39 is 11.9 Å². The van der Waals surface area contributed by atoms with Crippen molar-refractivity contribution >= 4 is 11.7 Å². The van der Waals surface area contributed by atoms with Crippen molar-refractivity contribution < 1.29 is 18.0 Å². The number of carbonyl (C=O) groups is 1. The maximum absolute atomic E-state index is 13.5. The van der Waals surface area contributed by atoms with Crippen molar-refractivity contribution in [3.63, 3.8) is 0 Å². The Kier molecular flexibility index (Phi) is 6.41. The second-order valence-corrected chi connectivity index (χ2v) is 10.7. The molecule has 206 valence electrons. The number of hydrogen-bond acceptors (Lipinski definition) is 6. The van der Waals surface area contributed by atoms with E-state index in [9.17, 15) is 18.0 Å². The van der Waals surface area contributed by atoms with Gasteiger partial charge in [-0.15, -0.1) is 0 Å². The number of nitrogens with zero attached hydrogens (tertiary/aromatic N) is 7. The zero-order chi connectivity index (χ0) is 28.2. The molecule has 0 N–H and O–H groups in total. The van der Waals surface area contributed by atoms with Gasteiger partial charge in [-0.1, -0.05) is 38.1 Å². The Labute approximate surface area is 229 Å². The van der Waals surface area contributed by atoms with E-state index >= 15 is 0 Å². The maximum atomic E-state index is 13.5. The van der Waals surface area contributed by atoms with Crippen LogP contribution >= 0.6 is 0 Å². The van der Waals surface area contributed by atoms with Crippen LogP contribution in [0.25, 0.3) is 22.8 Å². The third-order valence-electron chi connectivity index (χ3n) is 7.38. The molecule has 0 aliphatic carbocycles. The Bertz CT molecular complexity index is 1570. The summed E-state index contributed by atoms with van der Waals surface area (Å²) in [4.78, 5) is 34.4. The molecule has 0 saturated carbocycles. The number of anilines is 1. The zero-order valence-corrected chi connectivity index (χ0v) is 22.4. The van der Waals surface area contributed by atoms with E-state index in [0.717, 1.165) is 28.6 Å². The van der Waals surface area contributed by atoms with E-state index in [0.29, 0.717) is 30.3 Å². The van der Waals surface area contributed by atoms with Crippen molar-refractivity contribution in [3.8, 4) is 22.8 Å². The lowest BCUT2D eigenvalue weighted by Gasteiger charge is -2.37. The smallest absolute Gasteiger partial charge is 0.325 e. The lowest BCUT2D eigenvalue weighted by Crippen LogP contribution is -2.44. The monoisotopic (exact) mass is 547 g/mol. The summed E-state index contributed by atoms with van der Waals surface area (Å²) >= 11 is 0. The summed E-state index contributed by atoms with van der Waals surface area (Å²) < 4.78 is 42.0. The van der Waals surface area contributed by atoms with Gasteiger partial charge in [-0.05, 0) is 30.7 Å². The van der Waals surface area contributed by atoms with Gasteiger partial charge in [0.25, 0.3) is 0 Å². The number of aromatic nitrogens is 5. The van der Waals surface area contributed by atoms with Crippen molar-refractivity contribution in [2.75, 3.05) is 25.0 Å². The van der Waals surface area contributed by atoms with Gasteiger partial charge in [0.2, 0.25) is 5.91 Å². The fraction of sp³-hybridized carbons (Fsp3) is 0.345. The first-order valence-electron chi connectivity index (χ1n) is 13.1. The molecule has 4 aromatic rings. The molecule has 6 rings (SSSR count). The van der Waals surface area contributed by atoms with Crippen LogP contribution < -0.4 is 4.90 Å². The van der Waals surface area contributed by atoms with Gasteiger partial charge in [0.1, 0.15) is 11.6 Å². The summed E-state index contributed by atoms with van der Waals surface area (Å²) in [6, 6.07) is 10.9. The van der Waals surface area contributed by atoms with Crippen LogP contribution in [0, 0.1) is 0 Å². The fourth-order valence-corrected chi connectivity index (χ4v) is 5.30. The predicted molar refractivity (Wildman–Crippen MR) is 143 cm³/mol. The van der Waals surface area contributed by atoms with Gasteiger partial charge in [-0.25, -0.2) is 15.0 Å². The Hall–Kier alpha value is -4.12. The van der Waals surface area contributed by atoms with Gasteiger partial charge < -0.3 is 9.47 Å². The maximum Gasteiger partial charge on any atom is 0.434 e. The van der Waals surface area contributed by atoms with E-state index in [2.05, 4.69) is 28.8 Å². The molecule has 0 radical (unpaired) electrons. The van der Waals surface area contributed by atoms with Crippen LogP contribution in [0.5, 0.6) is 0 Å². The highest BCUT2D eigenvalue weighted by Crippen LogP contribution is 2.35. The second kappa shape index (κ2) is 9.81. The van der Waals surface area contributed by atoms with Gasteiger partial charge >= 0.3 is 6.18 Å². The largest absolute Gasteiger partial charge is 0.434 e. The summed E-state index contributed by atoms with van der Waals surface area (Å²) in [5, 5.41) is 0. The normalized spacial score (nSPS) is 16.1. The van der Waals surface area contributed by atoms with Crippen LogP contribution in [-0.4, -0.2) is 55.4 Å². The number of imidazole rings is 1. The summed E-state index contributed by atoms with van der Waals surface area (Å²) in [6.07, 6.45) is 0.236. The molecule has 11 heteroatoms. The number of fused-ring (bicyclic) bond motifs is 1. The molecule has 0 spiro atoms. The number of pyridine rings is 1. The first-order valence-corrected chi connectivity index (χ1v) is 13.1. The number of rotatable bonds is 6. The quantitative estimate of drug-likeness (QED) is 0.334. The third kappa shape index (κ3) is 4.74. The van der Waals surface area contributed by atoms with Crippen LogP contribution in [-0.2, 0) is 23.9 Å². The second-order valence-electron chi connectivity index (χ2n) is 10.7. The molecular formula is C29H28F3N7O. The van der Waals surface area contributed by atoms with Crippen LogP contribution in [0.15, 0.2) is 55.0 Å². The van der Waals surface area contributed by atoms with Gasteiger partial charge in [0.05, 0.1) is 24.7 Å². The van der Waals surface area contributed by atoms with Crippen LogP contribution in [0.4, 0.5) is 19.0 Å². The highest BCUT2D eigenvalue weighted by molar-refractivity contribution is 6.00. The molecule has 2 aliphatic heterocycles. The van der Waals surface area contributed by atoms with E-state index in [-0.39, 0.29) is 36.7 Å². The summed E-state index contributed by atoms with van der Waals surface area (Å²) in [5.74, 6) is 1.46. The molecule has 2 aliphatic rings. The van der Waals surface area contributed by atoms with E-state index in [1.54, 1.807) is 34.0 Å². The van der Waals surface area contributed by atoms with Crippen molar-refractivity contribution in [1.29, 1.82) is 0 Å². The molecule has 1 aromatic carbocycles. The zero-order valence-electron chi connectivity index (χ0n) is 22.4. The first kappa shape index (κ1) is 26.1. The lowest BCUT2D eigenvalue weighted by atomic mass is 10.0. The highest BCUT2D eigenvalue weighted by atomic mass is 19.4. The first-order chi connectivity index (χ1) is 19.1. The number of carbonyl (C=O) groups excluding carboxylic acids is 1. The number of benzene rings is 1. The third-order valence-corrected chi connectivity index (χ3v) is 7.38. The van der Waals surface area contributed by atoms with Crippen molar-refractivity contribution in [2.24, 2.45) is 0 Å². The van der Waals surface area contributed by atoms with Crippen molar-refractivity contribution in [3.05, 3.63) is 77.5 Å². The average Bonchev–Trinajstić information content (AvgIpc) is 3.48. The van der Waals surface area contributed by atoms with Crippen LogP contribution in [0.1, 0.15) is 48.3 Å². The average molecular weight is 548 g/mol. The highest BCUT2D eigenvalue weighted by Gasteiger charge is 2.37. The van der Waals surface area contributed by atoms with E-state index in [1.807, 2.05) is 36.2 Å². The Balaban J connectivity index is 1.28. The topological polar surface area (TPSA) is 80.0 Å². The Morgan fingerprint density at radius 1 is 1.05 bits per heavy atom. The molecule has 1 amide bonds. The number of amides is 1. The Morgan fingerprint density at radius 2 is 1.80 bits per heavy atom. The minimum absolute atomic E-state index is 0.0631. The number of likely N-dealkylation sites (N-methyl/N-ethyl adjacent to an activating group) is 1. The fourth-order valence-electron chi connectivity index (χ4n) is 5.30. The molecular weight excluding hydrogens is 519 g/mol. The van der Waals surface area contributed by atoms with Gasteiger partial charge in [-0.3, -0.25) is 14.7 Å². The minimum Gasteiger partial charge on any atom is -0.325 e. The molecule has 1 saturated heterocycles. The summed E-state index contributed by atoms with van der Waals surface area (Å²) in [5.41, 5.74) is 2.98. The number of hydrogen-bond donors (Lipinski definition) is 0. The summed E-state index contributed by atoms with van der Waals surface area (Å²) in [7, 11) is 1.93. The minimum atomic E-state index is -4.52.